The van der Waals surface area contributed by atoms with E-state index in [1.807, 2.05) is 73.7 Å². The van der Waals surface area contributed by atoms with Gasteiger partial charge in [0.05, 0.1) is 24.9 Å². The lowest BCUT2D eigenvalue weighted by Gasteiger charge is -2.14. The van der Waals surface area contributed by atoms with Crippen LogP contribution in [0.4, 0.5) is 5.69 Å². The first kappa shape index (κ1) is 24.7. The highest BCUT2D eigenvalue weighted by Crippen LogP contribution is 2.26. The van der Waals surface area contributed by atoms with Gasteiger partial charge in [0.1, 0.15) is 0 Å². The number of esters is 1. The SMILES string of the molecule is COC(=O)c1cccc(C(C)c2ccc(/N=c3\[nH]c(=O)n(C)c(=O)n3Cc3ccc(C)cc3)cc2)c1. The largest absolute Gasteiger partial charge is 0.465 e. The Labute approximate surface area is 208 Å². The third-order valence-electron chi connectivity index (χ3n) is 6.19. The van der Waals surface area contributed by atoms with Crippen LogP contribution in [0.1, 0.15) is 45.5 Å². The number of carbonyl (C=O) groups is 1. The molecule has 1 heterocycles. The van der Waals surface area contributed by atoms with E-state index >= 15 is 0 Å². The van der Waals surface area contributed by atoms with Crippen LogP contribution >= 0.6 is 0 Å². The second kappa shape index (κ2) is 10.4. The molecule has 0 aliphatic rings. The summed E-state index contributed by atoms with van der Waals surface area (Å²) in [5.74, 6) is -0.348. The Morgan fingerprint density at radius 3 is 2.36 bits per heavy atom. The van der Waals surface area contributed by atoms with Gasteiger partial charge in [-0.15, -0.1) is 0 Å². The molecule has 184 valence electrons. The fourth-order valence-corrected chi connectivity index (χ4v) is 3.92. The molecule has 0 saturated heterocycles. The van der Waals surface area contributed by atoms with Crippen LogP contribution in [0.25, 0.3) is 0 Å². The minimum absolute atomic E-state index is 0.0268. The number of carbonyl (C=O) groups excluding carboxylic acids is 1. The van der Waals surface area contributed by atoms with Crippen molar-refractivity contribution in [3.63, 3.8) is 0 Å². The van der Waals surface area contributed by atoms with E-state index in [2.05, 4.69) is 16.9 Å². The molecule has 4 rings (SSSR count). The molecule has 0 radical (unpaired) electrons. The minimum Gasteiger partial charge on any atom is -0.465 e. The van der Waals surface area contributed by atoms with Gasteiger partial charge in [0.2, 0.25) is 5.62 Å². The van der Waals surface area contributed by atoms with E-state index in [9.17, 15) is 14.4 Å². The highest BCUT2D eigenvalue weighted by molar-refractivity contribution is 5.89. The van der Waals surface area contributed by atoms with Gasteiger partial charge in [-0.05, 0) is 47.9 Å². The molecule has 8 nitrogen and oxygen atoms in total. The molecular weight excluding hydrogens is 456 g/mol. The first-order valence-electron chi connectivity index (χ1n) is 11.6. The maximum absolute atomic E-state index is 12.9. The summed E-state index contributed by atoms with van der Waals surface area (Å²) in [4.78, 5) is 44.3. The van der Waals surface area contributed by atoms with Crippen LogP contribution in [0.5, 0.6) is 0 Å². The van der Waals surface area contributed by atoms with Gasteiger partial charge in [0, 0.05) is 13.0 Å². The van der Waals surface area contributed by atoms with Crippen LogP contribution < -0.4 is 17.0 Å². The maximum Gasteiger partial charge on any atom is 0.337 e. The molecule has 1 atom stereocenters. The summed E-state index contributed by atoms with van der Waals surface area (Å²) in [5, 5.41) is 0. The zero-order valence-corrected chi connectivity index (χ0v) is 20.7. The fraction of sp³-hybridized carbons (Fsp3) is 0.214. The lowest BCUT2D eigenvalue weighted by atomic mass is 9.92. The first-order chi connectivity index (χ1) is 17.3. The Morgan fingerprint density at radius 1 is 1.00 bits per heavy atom. The Balaban J connectivity index is 1.68. The first-order valence-corrected chi connectivity index (χ1v) is 11.6. The number of H-pyrrole nitrogens is 1. The van der Waals surface area contributed by atoms with Crippen LogP contribution in [0.2, 0.25) is 0 Å². The van der Waals surface area contributed by atoms with E-state index in [1.54, 1.807) is 6.07 Å². The number of aromatic amines is 1. The van der Waals surface area contributed by atoms with Crippen LogP contribution in [0.3, 0.4) is 0 Å². The number of rotatable bonds is 6. The Hall–Kier alpha value is -4.46. The molecule has 4 aromatic rings. The average Bonchev–Trinajstić information content (AvgIpc) is 2.90. The molecule has 0 bridgehead atoms. The van der Waals surface area contributed by atoms with Crippen LogP contribution in [-0.4, -0.2) is 27.2 Å². The number of hydrogen-bond acceptors (Lipinski definition) is 5. The van der Waals surface area contributed by atoms with E-state index in [1.165, 1.54) is 18.7 Å². The topological polar surface area (TPSA) is 98.4 Å². The van der Waals surface area contributed by atoms with Gasteiger partial charge in [-0.2, -0.15) is 0 Å². The quantitative estimate of drug-likeness (QED) is 0.424. The van der Waals surface area contributed by atoms with Crippen molar-refractivity contribution in [2.45, 2.75) is 26.3 Å². The van der Waals surface area contributed by atoms with Crippen LogP contribution in [-0.2, 0) is 18.3 Å². The molecule has 3 aromatic carbocycles. The molecule has 0 aliphatic carbocycles. The zero-order chi connectivity index (χ0) is 25.8. The summed E-state index contributed by atoms with van der Waals surface area (Å²) in [5.41, 5.74) is 4.34. The second-order valence-corrected chi connectivity index (χ2v) is 8.71. The number of ether oxygens (including phenoxy) is 1. The monoisotopic (exact) mass is 484 g/mol. The van der Waals surface area contributed by atoms with Crippen LogP contribution in [0, 0.1) is 6.92 Å². The summed E-state index contributed by atoms with van der Waals surface area (Å²) in [6, 6.07) is 22.7. The number of methoxy groups -OCH3 is 1. The molecule has 1 unspecified atom stereocenters. The number of hydrogen-bond donors (Lipinski definition) is 1. The molecule has 0 amide bonds. The minimum atomic E-state index is -0.533. The molecule has 0 spiro atoms. The van der Waals surface area contributed by atoms with E-state index < -0.39 is 11.4 Å². The Kier molecular flexibility index (Phi) is 7.15. The van der Waals surface area contributed by atoms with E-state index in [-0.39, 0.29) is 24.1 Å². The standard InChI is InChI=1S/C28H28N4O4/c1-18-8-10-20(11-9-18)17-32-26(30-27(34)31(3)28(32)35)29-24-14-12-21(13-15-24)19(2)22-6-5-7-23(16-22)25(33)36-4/h5-16,19H,17H2,1-4H3,(H,29,30,34). The lowest BCUT2D eigenvalue weighted by molar-refractivity contribution is 0.0600. The average molecular weight is 485 g/mol. The van der Waals surface area contributed by atoms with Crippen molar-refractivity contribution in [1.82, 2.24) is 14.1 Å². The normalized spacial score (nSPS) is 12.4. The summed E-state index contributed by atoms with van der Waals surface area (Å²) in [7, 11) is 2.79. The van der Waals surface area contributed by atoms with E-state index in [4.69, 9.17) is 4.74 Å². The summed E-state index contributed by atoms with van der Waals surface area (Å²) in [6.45, 7) is 4.32. The number of nitrogens with zero attached hydrogens (tertiary/aromatic N) is 3. The molecule has 0 saturated carbocycles. The highest BCUT2D eigenvalue weighted by atomic mass is 16.5. The van der Waals surface area contributed by atoms with Gasteiger partial charge in [0.25, 0.3) is 0 Å². The van der Waals surface area contributed by atoms with Gasteiger partial charge in [0.15, 0.2) is 0 Å². The van der Waals surface area contributed by atoms with Crippen molar-refractivity contribution >= 4 is 11.7 Å². The van der Waals surface area contributed by atoms with Gasteiger partial charge < -0.3 is 4.74 Å². The predicted molar refractivity (Wildman–Crippen MR) is 138 cm³/mol. The van der Waals surface area contributed by atoms with E-state index in [0.717, 1.165) is 26.8 Å². The van der Waals surface area contributed by atoms with Crippen molar-refractivity contribution in [3.8, 4) is 0 Å². The fourth-order valence-electron chi connectivity index (χ4n) is 3.92. The number of benzene rings is 3. The maximum atomic E-state index is 12.9. The molecule has 8 heteroatoms. The highest BCUT2D eigenvalue weighted by Gasteiger charge is 2.12. The predicted octanol–water partition coefficient (Wildman–Crippen LogP) is 3.40. The van der Waals surface area contributed by atoms with Gasteiger partial charge in [-0.3, -0.25) is 9.55 Å². The van der Waals surface area contributed by atoms with Crippen LogP contribution in [0.15, 0.2) is 87.4 Å². The second-order valence-electron chi connectivity index (χ2n) is 8.71. The molecular formula is C28H28N4O4. The van der Waals surface area contributed by atoms with Crippen molar-refractivity contribution in [1.29, 1.82) is 0 Å². The summed E-state index contributed by atoms with van der Waals surface area (Å²) >= 11 is 0. The van der Waals surface area contributed by atoms with Gasteiger partial charge in [-0.1, -0.05) is 61.0 Å². The van der Waals surface area contributed by atoms with Crippen molar-refractivity contribution in [2.75, 3.05) is 7.11 Å². The van der Waals surface area contributed by atoms with Crippen molar-refractivity contribution in [2.24, 2.45) is 12.0 Å². The molecule has 0 fully saturated rings. The third-order valence-corrected chi connectivity index (χ3v) is 6.19. The summed E-state index contributed by atoms with van der Waals surface area (Å²) in [6.07, 6.45) is 0. The molecule has 1 N–H and O–H groups in total. The smallest absolute Gasteiger partial charge is 0.337 e. The lowest BCUT2D eigenvalue weighted by Crippen LogP contribution is -2.48. The Bertz CT molecular complexity index is 1580. The number of aryl methyl sites for hydroxylation is 1. The molecule has 1 aromatic heterocycles. The van der Waals surface area contributed by atoms with Crippen molar-refractivity contribution in [3.05, 3.63) is 127 Å². The van der Waals surface area contributed by atoms with E-state index in [0.29, 0.717) is 11.3 Å². The molecule has 36 heavy (non-hydrogen) atoms. The van der Waals surface area contributed by atoms with Gasteiger partial charge >= 0.3 is 17.3 Å². The third kappa shape index (κ3) is 5.27. The van der Waals surface area contributed by atoms with Crippen molar-refractivity contribution < 1.29 is 9.53 Å². The molecule has 0 aliphatic heterocycles. The number of nitrogens with one attached hydrogen (secondary N) is 1. The van der Waals surface area contributed by atoms with Gasteiger partial charge in [-0.25, -0.2) is 23.9 Å². The zero-order valence-electron chi connectivity index (χ0n) is 20.7. The summed E-state index contributed by atoms with van der Waals surface area (Å²) < 4.78 is 7.30. The number of aromatic nitrogens is 3. The Morgan fingerprint density at radius 2 is 1.69 bits per heavy atom.